The first kappa shape index (κ1) is 33.4. The van der Waals surface area contributed by atoms with Crippen LogP contribution in [0.15, 0.2) is 72.8 Å². The number of esters is 2. The molecule has 1 N–H and O–H groups in total. The number of carbonyl (C=O) groups excluding carboxylic acids is 2. The van der Waals surface area contributed by atoms with Gasteiger partial charge >= 0.3 is 11.9 Å². The number of carbonyl (C=O) groups is 2. The molecule has 0 saturated carbocycles. The number of aliphatic hydroxyl groups is 1. The zero-order valence-electron chi connectivity index (χ0n) is 24.0. The van der Waals surface area contributed by atoms with Crippen LogP contribution in [-0.2, 0) is 38.4 Å². The predicted octanol–water partition coefficient (Wildman–Crippen LogP) is 6.12. The summed E-state index contributed by atoms with van der Waals surface area (Å²) >= 11 is 6.21. The quantitative estimate of drug-likeness (QED) is 0.149. The van der Waals surface area contributed by atoms with Gasteiger partial charge < -0.3 is 19.3 Å². The predicted molar refractivity (Wildman–Crippen MR) is 165 cm³/mol. The molecule has 0 bridgehead atoms. The van der Waals surface area contributed by atoms with Gasteiger partial charge in [0.2, 0.25) is 0 Å². The Bertz CT molecular complexity index is 1290. The van der Waals surface area contributed by atoms with E-state index in [4.69, 9.17) is 25.8 Å². The van der Waals surface area contributed by atoms with E-state index in [0.29, 0.717) is 23.9 Å². The minimum absolute atomic E-state index is 0. The molecule has 1 aliphatic carbocycles. The fraction of sp³-hybridized carbons (Fsp3) is 0.394. The van der Waals surface area contributed by atoms with Crippen molar-refractivity contribution in [3.63, 3.8) is 0 Å². The third-order valence-electron chi connectivity index (χ3n) is 7.26. The second-order valence-corrected chi connectivity index (χ2v) is 10.6. The number of fused-ring (bicyclic) bond motifs is 1. The first-order valence-electron chi connectivity index (χ1n) is 14.2. The average Bonchev–Trinajstić information content (AvgIpc) is 3.18. The van der Waals surface area contributed by atoms with Gasteiger partial charge in [-0.05, 0) is 86.1 Å². The van der Waals surface area contributed by atoms with Gasteiger partial charge in [-0.25, -0.2) is 9.59 Å². The number of halogens is 2. The van der Waals surface area contributed by atoms with Crippen LogP contribution in [0.2, 0.25) is 5.02 Å². The zero-order valence-corrected chi connectivity index (χ0v) is 25.6. The van der Waals surface area contributed by atoms with Crippen molar-refractivity contribution < 1.29 is 28.9 Å². The summed E-state index contributed by atoms with van der Waals surface area (Å²) < 4.78 is 15.9. The maximum absolute atomic E-state index is 12.4. The standard InChI is InChI=1S/C33H38ClNO6.ClH/c1-3-39-32(37)31(33(38)40-4-2)41-29-17-16-25-19-28(15-9-12-24(25)20-29)35(21-23-10-6-5-7-11-23)22-30(36)26-13-8-14-27(34)18-26;/h5-8,10-11,13-14,16-18,20,28,30-31,36H,3-4,9,12,15,19,21-22H2,1-2H3;1H/t28-,30-;/m0./s1. The molecule has 4 rings (SSSR count). The molecule has 3 aromatic carbocycles. The van der Waals surface area contributed by atoms with E-state index in [-0.39, 0.29) is 31.7 Å². The van der Waals surface area contributed by atoms with Crippen molar-refractivity contribution in [2.24, 2.45) is 0 Å². The van der Waals surface area contributed by atoms with Crippen LogP contribution in [0.3, 0.4) is 0 Å². The summed E-state index contributed by atoms with van der Waals surface area (Å²) in [7, 11) is 0. The van der Waals surface area contributed by atoms with Crippen LogP contribution < -0.4 is 4.74 Å². The third-order valence-corrected chi connectivity index (χ3v) is 7.49. The van der Waals surface area contributed by atoms with Gasteiger partial charge in [-0.3, -0.25) is 4.90 Å². The average molecular weight is 617 g/mol. The lowest BCUT2D eigenvalue weighted by atomic mass is 9.99. The fourth-order valence-electron chi connectivity index (χ4n) is 5.27. The zero-order chi connectivity index (χ0) is 29.2. The van der Waals surface area contributed by atoms with Crippen molar-refractivity contribution in [2.75, 3.05) is 19.8 Å². The van der Waals surface area contributed by atoms with Crippen LogP contribution in [0.25, 0.3) is 0 Å². The van der Waals surface area contributed by atoms with Gasteiger partial charge in [0, 0.05) is 24.2 Å². The molecule has 0 amide bonds. The Morgan fingerprint density at radius 1 is 0.952 bits per heavy atom. The second kappa shape index (κ2) is 16.5. The van der Waals surface area contributed by atoms with E-state index in [1.807, 2.05) is 48.5 Å². The number of aliphatic hydroxyl groups excluding tert-OH is 1. The summed E-state index contributed by atoms with van der Waals surface area (Å²) in [5, 5.41) is 11.8. The molecular weight excluding hydrogens is 577 g/mol. The normalized spacial score (nSPS) is 15.2. The van der Waals surface area contributed by atoms with Crippen molar-refractivity contribution in [1.82, 2.24) is 4.90 Å². The monoisotopic (exact) mass is 615 g/mol. The van der Waals surface area contributed by atoms with Crippen LogP contribution >= 0.6 is 24.0 Å². The van der Waals surface area contributed by atoms with Crippen LogP contribution in [0.4, 0.5) is 0 Å². The summed E-state index contributed by atoms with van der Waals surface area (Å²) in [5.74, 6) is -1.11. The summed E-state index contributed by atoms with van der Waals surface area (Å²) in [5.41, 5.74) is 4.28. The van der Waals surface area contributed by atoms with Gasteiger partial charge in [-0.2, -0.15) is 0 Å². The Morgan fingerprint density at radius 3 is 2.33 bits per heavy atom. The molecule has 42 heavy (non-hydrogen) atoms. The van der Waals surface area contributed by atoms with Gasteiger partial charge in [0.1, 0.15) is 5.75 Å². The maximum atomic E-state index is 12.4. The van der Waals surface area contributed by atoms with Crippen LogP contribution in [0.5, 0.6) is 5.75 Å². The van der Waals surface area contributed by atoms with Gasteiger partial charge in [0.25, 0.3) is 6.10 Å². The highest BCUT2D eigenvalue weighted by Gasteiger charge is 2.32. The molecule has 0 saturated heterocycles. The Morgan fingerprint density at radius 2 is 1.67 bits per heavy atom. The van der Waals surface area contributed by atoms with Gasteiger partial charge in [-0.1, -0.05) is 60.1 Å². The van der Waals surface area contributed by atoms with E-state index in [9.17, 15) is 14.7 Å². The number of rotatable bonds is 12. The molecule has 1 aliphatic rings. The van der Waals surface area contributed by atoms with Crippen LogP contribution in [0, 0.1) is 0 Å². The van der Waals surface area contributed by atoms with E-state index in [1.165, 1.54) is 11.1 Å². The van der Waals surface area contributed by atoms with Crippen molar-refractivity contribution >= 4 is 35.9 Å². The van der Waals surface area contributed by atoms with Gasteiger partial charge in [-0.15, -0.1) is 12.4 Å². The molecule has 0 spiro atoms. The molecule has 0 fully saturated rings. The van der Waals surface area contributed by atoms with E-state index in [0.717, 1.165) is 36.8 Å². The summed E-state index contributed by atoms with van der Waals surface area (Å²) in [4.78, 5) is 27.2. The number of nitrogens with zero attached hydrogens (tertiary/aromatic N) is 1. The lowest BCUT2D eigenvalue weighted by Gasteiger charge is -2.33. The Labute approximate surface area is 259 Å². The Hall–Kier alpha value is -3.10. The minimum atomic E-state index is -1.47. The highest BCUT2D eigenvalue weighted by Crippen LogP contribution is 2.30. The van der Waals surface area contributed by atoms with E-state index in [2.05, 4.69) is 17.0 Å². The lowest BCUT2D eigenvalue weighted by Crippen LogP contribution is -2.39. The lowest BCUT2D eigenvalue weighted by molar-refractivity contribution is -0.166. The molecule has 0 radical (unpaired) electrons. The number of aryl methyl sites for hydroxylation is 1. The molecule has 2 atom stereocenters. The van der Waals surface area contributed by atoms with Crippen molar-refractivity contribution in [2.45, 2.75) is 64.3 Å². The number of hydrogen-bond donors (Lipinski definition) is 1. The molecule has 0 heterocycles. The van der Waals surface area contributed by atoms with Crippen LogP contribution in [-0.4, -0.2) is 53.8 Å². The van der Waals surface area contributed by atoms with Gasteiger partial charge in [0.05, 0.1) is 19.3 Å². The minimum Gasteiger partial charge on any atom is -0.467 e. The highest BCUT2D eigenvalue weighted by atomic mass is 35.5. The SMILES string of the molecule is CCOC(=O)C(Oc1ccc2c(c1)CCC[C@H](N(Cc1ccccc1)C[C@H](O)c1cccc(Cl)c1)C2)C(=O)OCC.Cl. The number of benzene rings is 3. The van der Waals surface area contributed by atoms with Crippen LogP contribution in [0.1, 0.15) is 55.0 Å². The largest absolute Gasteiger partial charge is 0.467 e. The molecule has 226 valence electrons. The highest BCUT2D eigenvalue weighted by molar-refractivity contribution is 6.30. The molecule has 3 aromatic rings. The smallest absolute Gasteiger partial charge is 0.359 e. The van der Waals surface area contributed by atoms with Gasteiger partial charge in [0.15, 0.2) is 0 Å². The molecule has 0 aromatic heterocycles. The first-order valence-corrected chi connectivity index (χ1v) is 14.6. The fourth-order valence-corrected chi connectivity index (χ4v) is 5.47. The Balaban J connectivity index is 0.00000484. The van der Waals surface area contributed by atoms with Crippen molar-refractivity contribution in [3.8, 4) is 5.75 Å². The molecule has 9 heteroatoms. The molecular formula is C33H39Cl2NO6. The third kappa shape index (κ3) is 9.20. The Kier molecular flexibility index (Phi) is 13.1. The summed E-state index contributed by atoms with van der Waals surface area (Å²) in [6, 6.07) is 23.6. The van der Waals surface area contributed by atoms with E-state index >= 15 is 0 Å². The second-order valence-electron chi connectivity index (χ2n) is 10.2. The van der Waals surface area contributed by atoms with E-state index < -0.39 is 24.1 Å². The maximum Gasteiger partial charge on any atom is 0.359 e. The molecule has 0 aliphatic heterocycles. The van der Waals surface area contributed by atoms with E-state index in [1.54, 1.807) is 26.0 Å². The molecule has 0 unspecified atom stereocenters. The first-order chi connectivity index (χ1) is 19.9. The molecule has 7 nitrogen and oxygen atoms in total. The summed E-state index contributed by atoms with van der Waals surface area (Å²) in [6.45, 7) is 4.80. The van der Waals surface area contributed by atoms with Crippen molar-refractivity contribution in [1.29, 1.82) is 0 Å². The number of ether oxygens (including phenoxy) is 3. The van der Waals surface area contributed by atoms with Crippen molar-refractivity contribution in [3.05, 3.63) is 100 Å². The topological polar surface area (TPSA) is 85.3 Å². The number of hydrogen-bond acceptors (Lipinski definition) is 7. The summed E-state index contributed by atoms with van der Waals surface area (Å²) in [6.07, 6.45) is 1.37.